The standard InChI is InChI=1S/C33H38N2O3/c1-3-34(4-2)24-18-16-23(17-19-24)31-27-13-9-10-20-33(27,37)21-22-35(31)32(36)30-25-11-5-7-14-28(25)38-29-15-8-6-12-26(29)30/h5-8,11-12,14-19,27,30-31,37H,3-4,9-10,13,20-22H2,1-2H3/t27-,31-,33-/m0/s1. The number of fused-ring (bicyclic) bond motifs is 3. The van der Waals surface area contributed by atoms with Gasteiger partial charge in [-0.3, -0.25) is 4.79 Å². The van der Waals surface area contributed by atoms with Gasteiger partial charge in [0, 0.05) is 42.4 Å². The monoisotopic (exact) mass is 510 g/mol. The lowest BCUT2D eigenvalue weighted by Crippen LogP contribution is -2.57. The third kappa shape index (κ3) is 4.17. The van der Waals surface area contributed by atoms with E-state index in [0.29, 0.717) is 13.0 Å². The Morgan fingerprint density at radius 3 is 2.18 bits per heavy atom. The zero-order valence-corrected chi connectivity index (χ0v) is 22.5. The highest BCUT2D eigenvalue weighted by molar-refractivity contribution is 5.90. The highest BCUT2D eigenvalue weighted by Gasteiger charge is 2.51. The number of hydrogen-bond donors (Lipinski definition) is 1. The van der Waals surface area contributed by atoms with Crippen molar-refractivity contribution in [2.24, 2.45) is 5.92 Å². The molecule has 38 heavy (non-hydrogen) atoms. The Labute approximate surface area is 226 Å². The van der Waals surface area contributed by atoms with E-state index in [-0.39, 0.29) is 17.9 Å². The molecular weight excluding hydrogens is 472 g/mol. The van der Waals surface area contributed by atoms with Crippen molar-refractivity contribution in [3.63, 3.8) is 0 Å². The summed E-state index contributed by atoms with van der Waals surface area (Å²) in [6.07, 6.45) is 4.52. The van der Waals surface area contributed by atoms with E-state index in [9.17, 15) is 9.90 Å². The number of rotatable bonds is 5. The molecule has 1 amide bonds. The molecule has 3 aromatic rings. The van der Waals surface area contributed by atoms with Crippen LogP contribution < -0.4 is 9.64 Å². The lowest BCUT2D eigenvalue weighted by atomic mass is 9.65. The van der Waals surface area contributed by atoms with Gasteiger partial charge in [0.1, 0.15) is 11.5 Å². The van der Waals surface area contributed by atoms with Crippen LogP contribution in [0.15, 0.2) is 72.8 Å². The zero-order valence-electron chi connectivity index (χ0n) is 22.5. The molecule has 2 aliphatic heterocycles. The molecule has 3 aromatic carbocycles. The van der Waals surface area contributed by atoms with E-state index in [2.05, 4.69) is 47.9 Å². The number of piperidine rings is 1. The second-order valence-electron chi connectivity index (χ2n) is 11.1. The van der Waals surface area contributed by atoms with Gasteiger partial charge >= 0.3 is 0 Å². The number of para-hydroxylation sites is 2. The number of nitrogens with zero attached hydrogens (tertiary/aromatic N) is 2. The smallest absolute Gasteiger partial charge is 0.235 e. The molecule has 5 heteroatoms. The third-order valence-electron chi connectivity index (χ3n) is 9.14. The minimum atomic E-state index is -0.720. The van der Waals surface area contributed by atoms with Crippen molar-refractivity contribution in [2.45, 2.75) is 63.5 Å². The highest BCUT2D eigenvalue weighted by Crippen LogP contribution is 2.52. The lowest BCUT2D eigenvalue weighted by molar-refractivity contribution is -0.156. The summed E-state index contributed by atoms with van der Waals surface area (Å²) in [4.78, 5) is 19.1. The molecule has 1 aliphatic carbocycles. The fraction of sp³-hybridized carbons (Fsp3) is 0.424. The van der Waals surface area contributed by atoms with E-state index in [4.69, 9.17) is 4.74 Å². The molecule has 0 aromatic heterocycles. The maximum absolute atomic E-state index is 14.7. The first-order valence-corrected chi connectivity index (χ1v) is 14.3. The number of carbonyl (C=O) groups is 1. The van der Waals surface area contributed by atoms with Crippen molar-refractivity contribution >= 4 is 11.6 Å². The van der Waals surface area contributed by atoms with E-state index >= 15 is 0 Å². The second-order valence-corrected chi connectivity index (χ2v) is 11.1. The summed E-state index contributed by atoms with van der Waals surface area (Å²) in [6.45, 7) is 6.80. The van der Waals surface area contributed by atoms with Gasteiger partial charge in [0.15, 0.2) is 0 Å². The van der Waals surface area contributed by atoms with Gasteiger partial charge in [-0.2, -0.15) is 0 Å². The van der Waals surface area contributed by atoms with E-state index in [1.807, 2.05) is 48.5 Å². The van der Waals surface area contributed by atoms with Gasteiger partial charge in [-0.15, -0.1) is 0 Å². The van der Waals surface area contributed by atoms with Gasteiger partial charge in [-0.1, -0.05) is 61.4 Å². The van der Waals surface area contributed by atoms with Crippen LogP contribution in [0.4, 0.5) is 5.69 Å². The van der Waals surface area contributed by atoms with Crippen LogP contribution in [0, 0.1) is 5.92 Å². The largest absolute Gasteiger partial charge is 0.457 e. The Hall–Kier alpha value is -3.31. The first-order chi connectivity index (χ1) is 18.5. The molecule has 0 bridgehead atoms. The van der Waals surface area contributed by atoms with Crippen molar-refractivity contribution in [1.82, 2.24) is 4.90 Å². The number of anilines is 1. The van der Waals surface area contributed by atoms with Crippen LogP contribution in [0.3, 0.4) is 0 Å². The molecule has 1 saturated heterocycles. The van der Waals surface area contributed by atoms with E-state index in [0.717, 1.165) is 67.0 Å². The molecule has 0 unspecified atom stereocenters. The fourth-order valence-corrected chi connectivity index (χ4v) is 7.15. The molecular formula is C33H38N2O3. The minimum absolute atomic E-state index is 0.0265. The highest BCUT2D eigenvalue weighted by atomic mass is 16.5. The molecule has 3 atom stereocenters. The fourth-order valence-electron chi connectivity index (χ4n) is 7.15. The predicted octanol–water partition coefficient (Wildman–Crippen LogP) is 6.67. The molecule has 6 rings (SSSR count). The van der Waals surface area contributed by atoms with E-state index in [1.54, 1.807) is 0 Å². The Bertz CT molecular complexity index is 1260. The Morgan fingerprint density at radius 2 is 1.55 bits per heavy atom. The quantitative estimate of drug-likeness (QED) is 0.417. The average Bonchev–Trinajstić information content (AvgIpc) is 2.95. The summed E-state index contributed by atoms with van der Waals surface area (Å²) in [5.74, 6) is 1.19. The molecule has 5 nitrogen and oxygen atoms in total. The Kier molecular flexibility index (Phi) is 6.65. The summed E-state index contributed by atoms with van der Waals surface area (Å²) in [5.41, 5.74) is 3.42. The molecule has 0 spiro atoms. The second kappa shape index (κ2) is 10.1. The molecule has 1 N–H and O–H groups in total. The third-order valence-corrected chi connectivity index (χ3v) is 9.14. The molecule has 0 radical (unpaired) electrons. The minimum Gasteiger partial charge on any atom is -0.457 e. The number of amides is 1. The molecule has 2 heterocycles. The van der Waals surface area contributed by atoms with Gasteiger partial charge < -0.3 is 19.6 Å². The van der Waals surface area contributed by atoms with Gasteiger partial charge in [0.2, 0.25) is 5.91 Å². The summed E-state index contributed by atoms with van der Waals surface area (Å²) in [5, 5.41) is 11.8. The first kappa shape index (κ1) is 25.0. The number of benzene rings is 3. The van der Waals surface area contributed by atoms with Crippen LogP contribution in [-0.4, -0.2) is 41.1 Å². The van der Waals surface area contributed by atoms with Gasteiger partial charge in [-0.05, 0) is 62.9 Å². The summed E-state index contributed by atoms with van der Waals surface area (Å²) >= 11 is 0. The van der Waals surface area contributed by atoms with Gasteiger partial charge in [-0.25, -0.2) is 0 Å². The first-order valence-electron chi connectivity index (χ1n) is 14.3. The number of likely N-dealkylation sites (tertiary alicyclic amines) is 1. The number of ether oxygens (including phenoxy) is 1. The summed E-state index contributed by atoms with van der Waals surface area (Å²) < 4.78 is 6.20. The van der Waals surface area contributed by atoms with Crippen LogP contribution in [0.25, 0.3) is 0 Å². The van der Waals surface area contributed by atoms with Crippen LogP contribution in [0.5, 0.6) is 11.5 Å². The number of hydrogen-bond acceptors (Lipinski definition) is 4. The number of aliphatic hydroxyl groups is 1. The van der Waals surface area contributed by atoms with Crippen LogP contribution in [0.2, 0.25) is 0 Å². The van der Waals surface area contributed by atoms with Crippen LogP contribution in [-0.2, 0) is 4.79 Å². The van der Waals surface area contributed by atoms with E-state index < -0.39 is 11.5 Å². The molecule has 2 fully saturated rings. The number of carbonyl (C=O) groups excluding carboxylic acids is 1. The lowest BCUT2D eigenvalue weighted by Gasteiger charge is -2.53. The Balaban J connectivity index is 1.42. The summed E-state index contributed by atoms with van der Waals surface area (Å²) in [6, 6.07) is 24.4. The van der Waals surface area contributed by atoms with Crippen molar-refractivity contribution in [3.05, 3.63) is 89.5 Å². The Morgan fingerprint density at radius 1 is 0.921 bits per heavy atom. The molecule has 1 saturated carbocycles. The van der Waals surface area contributed by atoms with Crippen molar-refractivity contribution in [2.75, 3.05) is 24.5 Å². The SMILES string of the molecule is CCN(CC)c1ccc([C@H]2[C@@H]3CCCC[C@]3(O)CCN2C(=O)C2c3ccccc3Oc3ccccc32)cc1. The van der Waals surface area contributed by atoms with Crippen molar-refractivity contribution < 1.29 is 14.6 Å². The van der Waals surface area contributed by atoms with E-state index in [1.165, 1.54) is 5.69 Å². The van der Waals surface area contributed by atoms with Crippen molar-refractivity contribution in [1.29, 1.82) is 0 Å². The van der Waals surface area contributed by atoms with Crippen LogP contribution in [0.1, 0.15) is 74.6 Å². The maximum Gasteiger partial charge on any atom is 0.235 e. The van der Waals surface area contributed by atoms with Gasteiger partial charge in [0.05, 0.1) is 17.6 Å². The zero-order chi connectivity index (χ0) is 26.3. The van der Waals surface area contributed by atoms with Crippen molar-refractivity contribution in [3.8, 4) is 11.5 Å². The molecule has 3 aliphatic rings. The normalized spacial score (nSPS) is 24.6. The van der Waals surface area contributed by atoms with Crippen LogP contribution >= 0.6 is 0 Å². The molecule has 198 valence electrons. The predicted molar refractivity (Wildman–Crippen MR) is 151 cm³/mol. The topological polar surface area (TPSA) is 53.0 Å². The summed E-state index contributed by atoms with van der Waals surface area (Å²) in [7, 11) is 0. The average molecular weight is 511 g/mol. The maximum atomic E-state index is 14.7. The van der Waals surface area contributed by atoms with Gasteiger partial charge in [0.25, 0.3) is 0 Å².